The van der Waals surface area contributed by atoms with Gasteiger partial charge in [-0.15, -0.1) is 0 Å². The zero-order chi connectivity index (χ0) is 38.0. The Morgan fingerprint density at radius 1 is 0.615 bits per heavy atom. The van der Waals surface area contributed by atoms with Crippen LogP contribution in [0.1, 0.15) is 92.5 Å². The van der Waals surface area contributed by atoms with Gasteiger partial charge in [0.05, 0.1) is 24.3 Å². The molecule has 0 amide bonds. The standard InChI is InChI=1S/C41H47FO10/c1-7-9-34(49-38(43)27(3)4)21-23-47-32-15-11-29(12-16-32)40(45)51-36-19-20-37(31(25-36)26-42)52-41(46)30-13-17-33(18-14-30)48-24-22-35(10-8-2)50-39(44)28(5)6/h11-20,25,34-35H,3,5,7-10,21-24,26H2,1-2,4,6H3. The van der Waals surface area contributed by atoms with Gasteiger partial charge in [-0.1, -0.05) is 39.8 Å². The average molecular weight is 719 g/mol. The lowest BCUT2D eigenvalue weighted by Crippen LogP contribution is -2.21. The van der Waals surface area contributed by atoms with E-state index in [-0.39, 0.29) is 40.4 Å². The maximum absolute atomic E-state index is 14.0. The number of hydrogen-bond acceptors (Lipinski definition) is 10. The van der Waals surface area contributed by atoms with E-state index >= 15 is 0 Å². The minimum atomic E-state index is -0.973. The molecule has 11 heteroatoms. The van der Waals surface area contributed by atoms with Gasteiger partial charge in [0.25, 0.3) is 0 Å². The molecule has 0 aliphatic heterocycles. The fourth-order valence-electron chi connectivity index (χ4n) is 4.81. The highest BCUT2D eigenvalue weighted by Gasteiger charge is 2.18. The summed E-state index contributed by atoms with van der Waals surface area (Å²) in [5.41, 5.74) is 1.15. The van der Waals surface area contributed by atoms with Gasteiger partial charge in [0.15, 0.2) is 0 Å². The number of rotatable bonds is 21. The van der Waals surface area contributed by atoms with Crippen LogP contribution in [-0.4, -0.2) is 49.3 Å². The molecule has 278 valence electrons. The molecule has 0 radical (unpaired) electrons. The van der Waals surface area contributed by atoms with Crippen molar-refractivity contribution in [2.75, 3.05) is 13.2 Å². The van der Waals surface area contributed by atoms with E-state index in [1.807, 2.05) is 13.8 Å². The molecule has 0 fully saturated rings. The van der Waals surface area contributed by atoms with Gasteiger partial charge in [-0.3, -0.25) is 0 Å². The molecule has 0 saturated heterocycles. The van der Waals surface area contributed by atoms with E-state index in [4.69, 9.17) is 28.4 Å². The van der Waals surface area contributed by atoms with Crippen LogP contribution in [0.2, 0.25) is 0 Å². The van der Waals surface area contributed by atoms with Crippen molar-refractivity contribution in [1.82, 2.24) is 0 Å². The van der Waals surface area contributed by atoms with Crippen molar-refractivity contribution in [1.29, 1.82) is 0 Å². The molecule has 2 unspecified atom stereocenters. The second-order valence-electron chi connectivity index (χ2n) is 12.2. The minimum absolute atomic E-state index is 0.0176. The van der Waals surface area contributed by atoms with Crippen LogP contribution in [0.15, 0.2) is 91.0 Å². The minimum Gasteiger partial charge on any atom is -0.493 e. The highest BCUT2D eigenvalue weighted by atomic mass is 19.1. The fourth-order valence-corrected chi connectivity index (χ4v) is 4.81. The Hall–Kier alpha value is -5.45. The third-order valence-electron chi connectivity index (χ3n) is 7.65. The van der Waals surface area contributed by atoms with Crippen molar-refractivity contribution in [2.24, 2.45) is 0 Å². The number of esters is 4. The maximum atomic E-state index is 14.0. The van der Waals surface area contributed by atoms with Crippen LogP contribution in [0.4, 0.5) is 4.39 Å². The summed E-state index contributed by atoms with van der Waals surface area (Å²) in [6.07, 6.45) is 3.49. The lowest BCUT2D eigenvalue weighted by molar-refractivity contribution is -0.146. The van der Waals surface area contributed by atoms with E-state index in [0.29, 0.717) is 61.5 Å². The molecule has 0 spiro atoms. The largest absolute Gasteiger partial charge is 0.493 e. The quantitative estimate of drug-likeness (QED) is 0.0600. The van der Waals surface area contributed by atoms with E-state index in [2.05, 4.69) is 13.2 Å². The predicted octanol–water partition coefficient (Wildman–Crippen LogP) is 8.71. The van der Waals surface area contributed by atoms with Gasteiger partial charge in [-0.2, -0.15) is 0 Å². The average Bonchev–Trinajstić information content (AvgIpc) is 3.12. The van der Waals surface area contributed by atoms with Gasteiger partial charge in [-0.05, 0) is 93.4 Å². The Morgan fingerprint density at radius 3 is 1.44 bits per heavy atom. The van der Waals surface area contributed by atoms with E-state index in [9.17, 15) is 23.6 Å². The third kappa shape index (κ3) is 13.4. The molecular formula is C41H47FO10. The number of alkyl halides is 1. The number of hydrogen-bond donors (Lipinski definition) is 0. The van der Waals surface area contributed by atoms with Crippen LogP contribution in [0, 0.1) is 0 Å². The molecule has 52 heavy (non-hydrogen) atoms. The van der Waals surface area contributed by atoms with Crippen molar-refractivity contribution in [3.8, 4) is 23.0 Å². The van der Waals surface area contributed by atoms with Crippen molar-refractivity contribution < 1.29 is 52.0 Å². The molecule has 0 heterocycles. The summed E-state index contributed by atoms with van der Waals surface area (Å²) in [5.74, 6) is -1.17. The molecule has 10 nitrogen and oxygen atoms in total. The first kappa shape index (κ1) is 41.0. The molecular weight excluding hydrogens is 671 g/mol. The van der Waals surface area contributed by atoms with Crippen LogP contribution in [0.25, 0.3) is 0 Å². The first-order chi connectivity index (χ1) is 24.9. The van der Waals surface area contributed by atoms with Crippen molar-refractivity contribution in [3.05, 3.63) is 108 Å². The monoisotopic (exact) mass is 718 g/mol. The number of ether oxygens (including phenoxy) is 6. The summed E-state index contributed by atoms with van der Waals surface area (Å²) < 4.78 is 47.3. The zero-order valence-electron chi connectivity index (χ0n) is 30.2. The van der Waals surface area contributed by atoms with Crippen molar-refractivity contribution in [3.63, 3.8) is 0 Å². The lowest BCUT2D eigenvalue weighted by Gasteiger charge is -2.17. The molecule has 2 atom stereocenters. The third-order valence-corrected chi connectivity index (χ3v) is 7.65. The Morgan fingerprint density at radius 2 is 1.04 bits per heavy atom. The maximum Gasteiger partial charge on any atom is 0.343 e. The molecule has 3 aromatic rings. The topological polar surface area (TPSA) is 124 Å². The fraction of sp³-hybridized carbons (Fsp3) is 0.366. The molecule has 0 aromatic heterocycles. The van der Waals surface area contributed by atoms with Gasteiger partial charge in [-0.25, -0.2) is 23.6 Å². The Labute approximate surface area is 304 Å². The van der Waals surface area contributed by atoms with Crippen LogP contribution >= 0.6 is 0 Å². The van der Waals surface area contributed by atoms with E-state index < -0.39 is 30.6 Å². The SMILES string of the molecule is C=C(C)C(=O)OC(CCC)CCOc1ccc(C(=O)Oc2ccc(OC(=O)c3ccc(OCCC(CCC)OC(=O)C(=C)C)cc3)c(CF)c2)cc1. The highest BCUT2D eigenvalue weighted by molar-refractivity contribution is 5.92. The van der Waals surface area contributed by atoms with Crippen LogP contribution in [0.5, 0.6) is 23.0 Å². The summed E-state index contributed by atoms with van der Waals surface area (Å²) >= 11 is 0. The molecule has 0 aliphatic rings. The molecule has 0 N–H and O–H groups in total. The van der Waals surface area contributed by atoms with Crippen molar-refractivity contribution >= 4 is 23.9 Å². The second-order valence-corrected chi connectivity index (χ2v) is 12.2. The first-order valence-corrected chi connectivity index (χ1v) is 17.3. The molecule has 3 aromatic carbocycles. The molecule has 0 aliphatic carbocycles. The highest BCUT2D eigenvalue weighted by Crippen LogP contribution is 2.27. The molecule has 0 bridgehead atoms. The molecule has 0 saturated carbocycles. The second kappa shape index (κ2) is 21.0. The number of benzene rings is 3. The van der Waals surface area contributed by atoms with Crippen LogP contribution in [-0.2, 0) is 25.7 Å². The summed E-state index contributed by atoms with van der Waals surface area (Å²) in [4.78, 5) is 49.4. The van der Waals surface area contributed by atoms with E-state index in [0.717, 1.165) is 12.8 Å². The van der Waals surface area contributed by atoms with E-state index in [1.165, 1.54) is 42.5 Å². The van der Waals surface area contributed by atoms with Gasteiger partial charge >= 0.3 is 23.9 Å². The normalized spacial score (nSPS) is 11.8. The summed E-state index contributed by atoms with van der Waals surface area (Å²) in [6.45, 7) is 14.0. The molecule has 3 rings (SSSR count). The van der Waals surface area contributed by atoms with Crippen LogP contribution in [0.3, 0.4) is 0 Å². The van der Waals surface area contributed by atoms with Gasteiger partial charge < -0.3 is 28.4 Å². The van der Waals surface area contributed by atoms with Crippen LogP contribution < -0.4 is 18.9 Å². The van der Waals surface area contributed by atoms with E-state index in [1.54, 1.807) is 38.1 Å². The Balaban J connectivity index is 1.51. The number of carbonyl (C=O) groups excluding carboxylic acids is 4. The van der Waals surface area contributed by atoms with Crippen molar-refractivity contribution in [2.45, 2.75) is 85.1 Å². The number of halogens is 1. The van der Waals surface area contributed by atoms with Gasteiger partial charge in [0.2, 0.25) is 0 Å². The zero-order valence-corrected chi connectivity index (χ0v) is 30.2. The summed E-state index contributed by atoms with van der Waals surface area (Å²) in [7, 11) is 0. The summed E-state index contributed by atoms with van der Waals surface area (Å²) in [5, 5.41) is 0. The lowest BCUT2D eigenvalue weighted by atomic mass is 10.1. The Kier molecular flexibility index (Phi) is 16.6. The van der Waals surface area contributed by atoms with Gasteiger partial charge in [0.1, 0.15) is 41.9 Å². The first-order valence-electron chi connectivity index (χ1n) is 17.3. The predicted molar refractivity (Wildman–Crippen MR) is 193 cm³/mol. The Bertz CT molecular complexity index is 1680. The van der Waals surface area contributed by atoms with Gasteiger partial charge in [0, 0.05) is 29.6 Å². The smallest absolute Gasteiger partial charge is 0.343 e. The number of carbonyl (C=O) groups is 4. The summed E-state index contributed by atoms with van der Waals surface area (Å²) in [6, 6.07) is 16.6.